The van der Waals surface area contributed by atoms with Crippen LogP contribution in [0.5, 0.6) is 0 Å². The van der Waals surface area contributed by atoms with E-state index >= 15 is 0 Å². The van der Waals surface area contributed by atoms with E-state index in [9.17, 15) is 0 Å². The van der Waals surface area contributed by atoms with Gasteiger partial charge in [-0.25, -0.2) is 20.0 Å². The Labute approximate surface area is 687 Å². The number of hydrogen-bond acceptors (Lipinski definition) is 12. The summed E-state index contributed by atoms with van der Waals surface area (Å²) < 4.78 is 0. The highest BCUT2D eigenvalue weighted by Gasteiger charge is 2.72. The number of para-hydroxylation sites is 8. The zero-order valence-electron chi connectivity index (χ0n) is 69.9. The predicted molar refractivity (Wildman–Crippen MR) is 484 cm³/mol. The maximum atomic E-state index is 6.60. The van der Waals surface area contributed by atoms with Gasteiger partial charge in [-0.05, 0) is 157 Å². The molecule has 584 valence electrons. The van der Waals surface area contributed by atoms with Crippen molar-refractivity contribution in [2.45, 2.75) is 133 Å². The Hall–Kier alpha value is -12.3. The highest BCUT2D eigenvalue weighted by Crippen LogP contribution is 2.67. The first kappa shape index (κ1) is 76.4. The summed E-state index contributed by atoms with van der Waals surface area (Å²) in [6.45, 7) is 38.2. The van der Waals surface area contributed by atoms with Gasteiger partial charge in [0, 0.05) is 123 Å². The van der Waals surface area contributed by atoms with E-state index in [0.717, 1.165) is 114 Å². The van der Waals surface area contributed by atoms with Gasteiger partial charge in [-0.15, -0.1) is 0 Å². The first-order valence-electron chi connectivity index (χ1n) is 41.0. The molecule has 17 rings (SSSR count). The van der Waals surface area contributed by atoms with Crippen molar-refractivity contribution in [1.29, 1.82) is 0 Å². The Morgan fingerprint density at radius 2 is 0.319 bits per heavy atom. The van der Waals surface area contributed by atoms with E-state index in [1.807, 2.05) is 0 Å². The maximum absolute atomic E-state index is 6.60. The molecule has 8 bridgehead atoms. The van der Waals surface area contributed by atoms with Gasteiger partial charge in [0.15, 0.2) is 11.3 Å². The Morgan fingerprint density at radius 1 is 0.172 bits per heavy atom. The van der Waals surface area contributed by atoms with Crippen molar-refractivity contribution >= 4 is 91.6 Å². The number of fused-ring (bicyclic) bond motifs is 6. The van der Waals surface area contributed by atoms with E-state index in [4.69, 9.17) is 20.0 Å². The number of rotatable bonds is 16. The fraction of sp³-hybridized carbons (Fsp3) is 0.269. The van der Waals surface area contributed by atoms with Gasteiger partial charge in [0.1, 0.15) is 34.7 Å². The Bertz CT molecular complexity index is 5180. The molecule has 5 aliphatic rings. The number of amidine groups is 4. The summed E-state index contributed by atoms with van der Waals surface area (Å²) in [6.07, 6.45) is 0. The van der Waals surface area contributed by atoms with Gasteiger partial charge in [0.25, 0.3) is 0 Å². The summed E-state index contributed by atoms with van der Waals surface area (Å²) in [5.41, 5.74) is 5.57. The van der Waals surface area contributed by atoms with E-state index in [0.29, 0.717) is 0 Å². The van der Waals surface area contributed by atoms with Gasteiger partial charge in [-0.3, -0.25) is 0 Å². The summed E-state index contributed by atoms with van der Waals surface area (Å²) in [6, 6.07) is 122. The van der Waals surface area contributed by atoms with Crippen molar-refractivity contribution in [3.8, 4) is 0 Å². The van der Waals surface area contributed by atoms with Crippen molar-refractivity contribution in [3.63, 3.8) is 0 Å². The molecule has 116 heavy (non-hydrogen) atoms. The molecule has 12 aromatic carbocycles. The van der Waals surface area contributed by atoms with Crippen LogP contribution in [0.15, 0.2) is 360 Å². The van der Waals surface area contributed by atoms with E-state index < -0.39 is 66.0 Å². The Balaban J connectivity index is 0.945. The van der Waals surface area contributed by atoms with Gasteiger partial charge < -0.3 is 40.9 Å². The van der Waals surface area contributed by atoms with Crippen LogP contribution in [0.3, 0.4) is 0 Å². The summed E-state index contributed by atoms with van der Waals surface area (Å²) in [7, 11) is 0. The highest BCUT2D eigenvalue weighted by molar-refractivity contribution is 6.01. The lowest BCUT2D eigenvalue weighted by molar-refractivity contribution is 0.0630. The molecular weight excluding hydrogens is 1420 g/mol. The van der Waals surface area contributed by atoms with Gasteiger partial charge in [0.2, 0.25) is 0 Å². The van der Waals surface area contributed by atoms with Gasteiger partial charge in [-0.1, -0.05) is 305 Å². The highest BCUT2D eigenvalue weighted by atomic mass is 15.4. The summed E-state index contributed by atoms with van der Waals surface area (Å²) in [4.78, 5) is 35.5. The van der Waals surface area contributed by atoms with E-state index in [1.54, 1.807) is 0 Å². The molecule has 0 aliphatic carbocycles. The average molecular weight is 1530 g/mol. The third kappa shape index (κ3) is 11.5. The lowest BCUT2D eigenvalue weighted by Crippen LogP contribution is -2.63. The molecule has 2 fully saturated rings. The van der Waals surface area contributed by atoms with Crippen LogP contribution in [-0.2, 0) is 22.7 Å². The molecule has 0 radical (unpaired) electrons. The fourth-order valence-corrected chi connectivity index (χ4v) is 18.7. The molecular formula is C104H108N12. The summed E-state index contributed by atoms with van der Waals surface area (Å²) in [5.74, 6) is 3.23. The average Bonchev–Trinajstić information content (AvgIpc) is 1.50. The molecule has 5 heterocycles. The van der Waals surface area contributed by atoms with E-state index in [1.165, 1.54) is 0 Å². The van der Waals surface area contributed by atoms with Crippen molar-refractivity contribution in [3.05, 3.63) is 362 Å². The lowest BCUT2D eigenvalue weighted by atomic mass is 9.59. The summed E-state index contributed by atoms with van der Waals surface area (Å²) in [5, 5.41) is 18.0. The van der Waals surface area contributed by atoms with Crippen molar-refractivity contribution in [1.82, 2.24) is 21.3 Å². The van der Waals surface area contributed by atoms with Gasteiger partial charge in [-0.2, -0.15) is 0 Å². The van der Waals surface area contributed by atoms with Crippen LogP contribution >= 0.6 is 0 Å². The minimum Gasteiger partial charge on any atom is -0.347 e. The second-order valence-electron chi connectivity index (χ2n) is 36.4. The molecule has 0 saturated carbocycles. The SMILES string of the molecule is CC1(C)C2=NC(c3ccc(N(c4ccccc4)c4ccccc4)cc3)(/N=C3\NC(c4ccc(N(c5ccccc5)c5ccccc5)cc4)(NC4=NC(c5ccc(N(c6ccccc6)c6ccccc6)cc5)(/N=C5\NC(c6ccc(N(c7ccccc7)c7ccccc7)cc6)(N2)C(C)(C)C5(C)C)C(C)(C)C4(C)C)C(C)(C)C3(C)C)C1(C)C. The van der Waals surface area contributed by atoms with Crippen LogP contribution in [0.25, 0.3) is 0 Å². The third-order valence-electron chi connectivity index (χ3n) is 28.8. The second kappa shape index (κ2) is 27.7. The molecule has 0 aromatic heterocycles. The molecule has 2 saturated heterocycles. The number of hydrogen-bond donors (Lipinski definition) is 4. The number of nitrogens with zero attached hydrogens (tertiary/aromatic N) is 8. The molecule has 12 nitrogen and oxygen atoms in total. The Morgan fingerprint density at radius 3 is 0.491 bits per heavy atom. The van der Waals surface area contributed by atoms with Crippen LogP contribution in [0.1, 0.15) is 133 Å². The van der Waals surface area contributed by atoms with Crippen LogP contribution in [0, 0.1) is 43.3 Å². The van der Waals surface area contributed by atoms with Crippen molar-refractivity contribution < 1.29 is 0 Å². The first-order chi connectivity index (χ1) is 55.5. The number of aliphatic imine (C=N–C) groups is 4. The smallest absolute Gasteiger partial charge is 0.185 e. The minimum absolute atomic E-state index is 0.730. The van der Waals surface area contributed by atoms with Crippen molar-refractivity contribution in [2.24, 2.45) is 63.3 Å². The standard InChI is InChI=1S/C104H108N12/c1-93(2)89-105-101(97(93,9)10,73-57-65-85(66-58-73)113(77-41-25-17-26-42-77)78-43-27-18-28-44-78)110-90-94(3,4)99(13,14)103(107-90,75-61-69-87(70-62-75)115(81-49-33-21-34-50-81)82-51-35-22-36-52-82)112-92-96(7,8)100(15,16)104(108-92,76-63-71-88(72-64-76)116(83-53-37-23-38-54-83)84-55-39-24-40-56-84)111-91-95(5,6)98(11,12)102(106-91,109-89)74-59-67-86(68-60-74)114(79-45-29-19-30-46-79)80-47-31-20-32-48-80/h17-72H,1-16H3,(H,105,109)(H,107,110)(H,106,111)(H,108,112). The van der Waals surface area contributed by atoms with Crippen molar-refractivity contribution in [2.75, 3.05) is 19.6 Å². The first-order valence-corrected chi connectivity index (χ1v) is 41.0. The van der Waals surface area contributed by atoms with Crippen LogP contribution < -0.4 is 40.9 Å². The molecule has 0 spiro atoms. The largest absolute Gasteiger partial charge is 0.347 e. The van der Waals surface area contributed by atoms with E-state index in [2.05, 4.69) is 491 Å². The minimum atomic E-state index is -1.31. The molecule has 4 N–H and O–H groups in total. The molecule has 4 atom stereocenters. The monoisotopic (exact) mass is 1520 g/mol. The topological polar surface area (TPSA) is 111 Å². The summed E-state index contributed by atoms with van der Waals surface area (Å²) >= 11 is 0. The zero-order chi connectivity index (χ0) is 81.1. The number of nitrogens with one attached hydrogen (secondary N) is 4. The number of anilines is 12. The molecule has 12 aromatic rings. The normalized spacial score (nSPS) is 23.9. The molecule has 0 amide bonds. The quantitative estimate of drug-likeness (QED) is 0.0757. The lowest BCUT2D eigenvalue weighted by Gasteiger charge is -2.50. The van der Waals surface area contributed by atoms with Crippen LogP contribution in [-0.4, -0.2) is 23.3 Å². The van der Waals surface area contributed by atoms with Gasteiger partial charge in [0.05, 0.1) is 0 Å². The number of benzene rings is 12. The fourth-order valence-electron chi connectivity index (χ4n) is 18.7. The third-order valence-corrected chi connectivity index (χ3v) is 28.8. The zero-order valence-corrected chi connectivity index (χ0v) is 69.9. The van der Waals surface area contributed by atoms with Gasteiger partial charge >= 0.3 is 0 Å². The Kier molecular flexibility index (Phi) is 18.3. The maximum Gasteiger partial charge on any atom is 0.185 e. The predicted octanol–water partition coefficient (Wildman–Crippen LogP) is 25.5. The van der Waals surface area contributed by atoms with Crippen LogP contribution in [0.4, 0.5) is 68.2 Å². The van der Waals surface area contributed by atoms with E-state index in [-0.39, 0.29) is 0 Å². The molecule has 12 heteroatoms. The second-order valence-corrected chi connectivity index (χ2v) is 36.4. The molecule has 4 unspecified atom stereocenters. The molecule has 5 aliphatic heterocycles. The van der Waals surface area contributed by atoms with Crippen LogP contribution in [0.2, 0.25) is 0 Å².